The van der Waals surface area contributed by atoms with Crippen LogP contribution in [0.4, 0.5) is 19.3 Å². The van der Waals surface area contributed by atoms with E-state index < -0.39 is 17.7 Å². The second-order valence-electron chi connectivity index (χ2n) is 5.35. The summed E-state index contributed by atoms with van der Waals surface area (Å²) in [6.45, 7) is 6.70. The van der Waals surface area contributed by atoms with Crippen LogP contribution in [0.2, 0.25) is 0 Å². The molecule has 0 saturated carbocycles. The van der Waals surface area contributed by atoms with Crippen molar-refractivity contribution in [3.05, 3.63) is 29.8 Å². The van der Waals surface area contributed by atoms with Crippen molar-refractivity contribution in [2.45, 2.75) is 27.2 Å². The lowest BCUT2D eigenvalue weighted by molar-refractivity contribution is 0.250. The van der Waals surface area contributed by atoms with Crippen LogP contribution in [0.25, 0.3) is 0 Å². The van der Waals surface area contributed by atoms with Crippen molar-refractivity contribution in [3.63, 3.8) is 0 Å². The maximum absolute atomic E-state index is 12.9. The van der Waals surface area contributed by atoms with Gasteiger partial charge >= 0.3 is 6.03 Å². The topological polar surface area (TPSA) is 41.1 Å². The summed E-state index contributed by atoms with van der Waals surface area (Å²) in [6.07, 6.45) is 0.817. The molecule has 2 N–H and O–H groups in total. The standard InChI is InChI=1S/C13H18F2N2O/c1-13(2,3)4-5-16-12(18)17-11-7-9(14)6-10(15)8-11/h6-8H,4-5H2,1-3H3,(H2,16,17,18). The average molecular weight is 256 g/mol. The molecule has 0 saturated heterocycles. The predicted octanol–water partition coefficient (Wildman–Crippen LogP) is 3.52. The van der Waals surface area contributed by atoms with Crippen LogP contribution in [0.5, 0.6) is 0 Å². The van der Waals surface area contributed by atoms with Crippen LogP contribution in [0.1, 0.15) is 27.2 Å². The van der Waals surface area contributed by atoms with E-state index in [0.717, 1.165) is 24.6 Å². The molecule has 1 aromatic rings. The van der Waals surface area contributed by atoms with Crippen LogP contribution < -0.4 is 10.6 Å². The summed E-state index contributed by atoms with van der Waals surface area (Å²) in [6, 6.07) is 2.41. The summed E-state index contributed by atoms with van der Waals surface area (Å²) in [5.41, 5.74) is 0.221. The first-order chi connectivity index (χ1) is 8.26. The van der Waals surface area contributed by atoms with Crippen LogP contribution in [-0.4, -0.2) is 12.6 Å². The zero-order valence-corrected chi connectivity index (χ0v) is 10.8. The number of carbonyl (C=O) groups excluding carboxylic acids is 1. The van der Waals surface area contributed by atoms with Gasteiger partial charge in [0.05, 0.1) is 0 Å². The minimum absolute atomic E-state index is 0.0979. The van der Waals surface area contributed by atoms with Crippen LogP contribution in [0.3, 0.4) is 0 Å². The van der Waals surface area contributed by atoms with E-state index in [4.69, 9.17) is 0 Å². The molecule has 1 aromatic carbocycles. The van der Waals surface area contributed by atoms with Crippen LogP contribution >= 0.6 is 0 Å². The Morgan fingerprint density at radius 2 is 1.72 bits per heavy atom. The van der Waals surface area contributed by atoms with E-state index in [0.29, 0.717) is 6.54 Å². The lowest BCUT2D eigenvalue weighted by Gasteiger charge is -2.18. The third-order valence-electron chi connectivity index (χ3n) is 2.28. The van der Waals surface area contributed by atoms with E-state index in [1.807, 2.05) is 0 Å². The minimum atomic E-state index is -0.722. The van der Waals surface area contributed by atoms with E-state index >= 15 is 0 Å². The van der Waals surface area contributed by atoms with Gasteiger partial charge in [-0.25, -0.2) is 13.6 Å². The highest BCUT2D eigenvalue weighted by molar-refractivity contribution is 5.89. The molecule has 5 heteroatoms. The van der Waals surface area contributed by atoms with Gasteiger partial charge < -0.3 is 10.6 Å². The summed E-state index contributed by atoms with van der Waals surface area (Å²) in [5, 5.41) is 5.01. The van der Waals surface area contributed by atoms with Crippen LogP contribution in [0.15, 0.2) is 18.2 Å². The molecule has 0 heterocycles. The third kappa shape index (κ3) is 5.61. The molecule has 0 spiro atoms. The van der Waals surface area contributed by atoms with Crippen molar-refractivity contribution in [1.82, 2.24) is 5.32 Å². The van der Waals surface area contributed by atoms with Gasteiger partial charge in [-0.2, -0.15) is 0 Å². The number of urea groups is 1. The molecule has 0 aliphatic carbocycles. The van der Waals surface area contributed by atoms with Gasteiger partial charge in [0.25, 0.3) is 0 Å². The molecular weight excluding hydrogens is 238 g/mol. The monoisotopic (exact) mass is 256 g/mol. The van der Waals surface area contributed by atoms with E-state index in [9.17, 15) is 13.6 Å². The Balaban J connectivity index is 2.45. The number of benzene rings is 1. The first kappa shape index (κ1) is 14.4. The van der Waals surface area contributed by atoms with Gasteiger partial charge in [0.15, 0.2) is 0 Å². The molecule has 1 rings (SSSR count). The highest BCUT2D eigenvalue weighted by Crippen LogP contribution is 2.17. The second-order valence-corrected chi connectivity index (χ2v) is 5.35. The number of halogens is 2. The van der Waals surface area contributed by atoms with E-state index in [2.05, 4.69) is 31.4 Å². The number of carbonyl (C=O) groups is 1. The molecule has 0 aromatic heterocycles. The fraction of sp³-hybridized carbons (Fsp3) is 0.462. The average Bonchev–Trinajstić information content (AvgIpc) is 2.12. The molecule has 0 aliphatic heterocycles. The summed E-state index contributed by atoms with van der Waals surface area (Å²) in [5.74, 6) is -1.44. The fourth-order valence-electron chi connectivity index (χ4n) is 1.35. The molecule has 0 fully saturated rings. The Labute approximate surface area is 106 Å². The molecule has 0 radical (unpaired) electrons. The first-order valence-electron chi connectivity index (χ1n) is 5.77. The molecule has 18 heavy (non-hydrogen) atoms. The summed E-state index contributed by atoms with van der Waals surface area (Å²) in [7, 11) is 0. The highest BCUT2D eigenvalue weighted by atomic mass is 19.1. The summed E-state index contributed by atoms with van der Waals surface area (Å²) in [4.78, 5) is 11.5. The molecule has 0 atom stereocenters. The Morgan fingerprint density at radius 1 is 1.17 bits per heavy atom. The zero-order valence-electron chi connectivity index (χ0n) is 10.8. The SMILES string of the molecule is CC(C)(C)CCNC(=O)Nc1cc(F)cc(F)c1. The quantitative estimate of drug-likeness (QED) is 0.853. The number of nitrogens with one attached hydrogen (secondary N) is 2. The lowest BCUT2D eigenvalue weighted by Crippen LogP contribution is -2.31. The summed E-state index contributed by atoms with van der Waals surface area (Å²) >= 11 is 0. The van der Waals surface area contributed by atoms with Gasteiger partial charge in [0.1, 0.15) is 11.6 Å². The van der Waals surface area contributed by atoms with Gasteiger partial charge in [-0.15, -0.1) is 0 Å². The Morgan fingerprint density at radius 3 is 2.22 bits per heavy atom. The van der Waals surface area contributed by atoms with Gasteiger partial charge in [-0.3, -0.25) is 0 Å². The van der Waals surface area contributed by atoms with Crippen molar-refractivity contribution in [1.29, 1.82) is 0 Å². The van der Waals surface area contributed by atoms with Gasteiger partial charge in [0.2, 0.25) is 0 Å². The first-order valence-corrected chi connectivity index (χ1v) is 5.77. The van der Waals surface area contributed by atoms with Crippen molar-refractivity contribution in [3.8, 4) is 0 Å². The molecule has 2 amide bonds. The Hall–Kier alpha value is -1.65. The largest absolute Gasteiger partial charge is 0.338 e. The number of anilines is 1. The maximum atomic E-state index is 12.9. The normalized spacial score (nSPS) is 11.2. The fourth-order valence-corrected chi connectivity index (χ4v) is 1.35. The smallest absolute Gasteiger partial charge is 0.319 e. The number of amides is 2. The van der Waals surface area contributed by atoms with E-state index in [-0.39, 0.29) is 11.1 Å². The van der Waals surface area contributed by atoms with Crippen molar-refractivity contribution in [2.75, 3.05) is 11.9 Å². The second kappa shape index (κ2) is 5.80. The van der Waals surface area contributed by atoms with Crippen molar-refractivity contribution >= 4 is 11.7 Å². The summed E-state index contributed by atoms with van der Waals surface area (Å²) < 4.78 is 25.7. The third-order valence-corrected chi connectivity index (χ3v) is 2.28. The Kier molecular flexibility index (Phi) is 4.64. The maximum Gasteiger partial charge on any atom is 0.319 e. The van der Waals surface area contributed by atoms with Gasteiger partial charge in [0, 0.05) is 18.3 Å². The number of hydrogen-bond acceptors (Lipinski definition) is 1. The highest BCUT2D eigenvalue weighted by Gasteiger charge is 2.10. The minimum Gasteiger partial charge on any atom is -0.338 e. The predicted molar refractivity (Wildman–Crippen MR) is 67.5 cm³/mol. The van der Waals surface area contributed by atoms with Gasteiger partial charge in [-0.1, -0.05) is 20.8 Å². The molecular formula is C13H18F2N2O. The van der Waals surface area contributed by atoms with E-state index in [1.165, 1.54) is 0 Å². The molecule has 0 aliphatic rings. The van der Waals surface area contributed by atoms with Crippen molar-refractivity contribution in [2.24, 2.45) is 5.41 Å². The number of rotatable bonds is 3. The number of hydrogen-bond donors (Lipinski definition) is 2. The van der Waals surface area contributed by atoms with Crippen LogP contribution in [0, 0.1) is 17.0 Å². The van der Waals surface area contributed by atoms with E-state index in [1.54, 1.807) is 0 Å². The molecule has 3 nitrogen and oxygen atoms in total. The molecule has 0 bridgehead atoms. The zero-order chi connectivity index (χ0) is 13.8. The Bertz CT molecular complexity index is 407. The van der Waals surface area contributed by atoms with Crippen molar-refractivity contribution < 1.29 is 13.6 Å². The molecule has 0 unspecified atom stereocenters. The van der Waals surface area contributed by atoms with Crippen LogP contribution in [-0.2, 0) is 0 Å². The molecule has 100 valence electrons. The van der Waals surface area contributed by atoms with Gasteiger partial charge in [-0.05, 0) is 24.0 Å². The lowest BCUT2D eigenvalue weighted by atomic mass is 9.92.